The van der Waals surface area contributed by atoms with E-state index in [1.54, 1.807) is 11.6 Å². The van der Waals surface area contributed by atoms with Gasteiger partial charge in [0.25, 0.3) is 5.56 Å². The van der Waals surface area contributed by atoms with Crippen molar-refractivity contribution >= 4 is 17.1 Å². The van der Waals surface area contributed by atoms with Crippen LogP contribution in [-0.2, 0) is 20.6 Å². The van der Waals surface area contributed by atoms with E-state index in [-0.39, 0.29) is 13.2 Å². The number of ether oxygens (including phenoxy) is 1. The molecule has 0 spiro atoms. The molecule has 0 unspecified atom stereocenters. The van der Waals surface area contributed by atoms with E-state index in [0.717, 1.165) is 36.1 Å². The second-order valence-corrected chi connectivity index (χ2v) is 8.31. The first-order chi connectivity index (χ1) is 14.8. The molecule has 1 aliphatic heterocycles. The van der Waals surface area contributed by atoms with Crippen molar-refractivity contribution in [1.29, 1.82) is 0 Å². The SMILES string of the molecule is Cc1ccc(OC[C@@H](O)Cn2c(N3CCCC3)nc3c2c(=O)n(C)c(=O)n3C)cc1C. The van der Waals surface area contributed by atoms with Crippen LogP contribution in [0.25, 0.3) is 11.2 Å². The normalized spacial score (nSPS) is 15.1. The van der Waals surface area contributed by atoms with Crippen molar-refractivity contribution in [2.24, 2.45) is 14.1 Å². The minimum atomic E-state index is -0.859. The number of nitrogens with zero attached hydrogens (tertiary/aromatic N) is 5. The number of fused-ring (bicyclic) bond motifs is 1. The highest BCUT2D eigenvalue weighted by molar-refractivity contribution is 5.74. The van der Waals surface area contributed by atoms with Gasteiger partial charge in [-0.3, -0.25) is 13.9 Å². The number of aliphatic hydroxyl groups is 1. The zero-order valence-electron chi connectivity index (χ0n) is 18.5. The van der Waals surface area contributed by atoms with Crippen LogP contribution in [0.3, 0.4) is 0 Å². The summed E-state index contributed by atoms with van der Waals surface area (Å²) in [5.41, 5.74) is 2.10. The third kappa shape index (κ3) is 3.85. The maximum atomic E-state index is 12.9. The number of aliphatic hydroxyl groups excluding tert-OH is 1. The van der Waals surface area contributed by atoms with Gasteiger partial charge >= 0.3 is 5.69 Å². The molecule has 1 fully saturated rings. The molecular formula is C22H29N5O4. The minimum Gasteiger partial charge on any atom is -0.491 e. The van der Waals surface area contributed by atoms with Gasteiger partial charge in [-0.15, -0.1) is 0 Å². The van der Waals surface area contributed by atoms with Gasteiger partial charge in [-0.25, -0.2) is 4.79 Å². The highest BCUT2D eigenvalue weighted by atomic mass is 16.5. The van der Waals surface area contributed by atoms with Crippen molar-refractivity contribution in [2.75, 3.05) is 24.6 Å². The van der Waals surface area contributed by atoms with Crippen molar-refractivity contribution in [3.05, 3.63) is 50.2 Å². The lowest BCUT2D eigenvalue weighted by atomic mass is 10.1. The molecule has 1 aliphatic rings. The number of aryl methyl sites for hydroxylation is 3. The number of hydrogen-bond donors (Lipinski definition) is 1. The van der Waals surface area contributed by atoms with Crippen molar-refractivity contribution in [3.8, 4) is 5.75 Å². The summed E-state index contributed by atoms with van der Waals surface area (Å²) in [4.78, 5) is 32.0. The molecule has 3 heterocycles. The van der Waals surface area contributed by atoms with Gasteiger partial charge in [-0.05, 0) is 49.9 Å². The van der Waals surface area contributed by atoms with Gasteiger partial charge < -0.3 is 19.3 Å². The van der Waals surface area contributed by atoms with E-state index in [1.807, 2.05) is 32.0 Å². The van der Waals surface area contributed by atoms with Crippen LogP contribution in [0, 0.1) is 13.8 Å². The summed E-state index contributed by atoms with van der Waals surface area (Å²) in [7, 11) is 3.06. The van der Waals surface area contributed by atoms with Crippen LogP contribution >= 0.6 is 0 Å². The Kier molecular flexibility index (Phi) is 5.62. The topological polar surface area (TPSA) is 94.5 Å². The fraction of sp³-hybridized carbons (Fsp3) is 0.500. The number of rotatable bonds is 6. The Balaban J connectivity index is 1.67. The average Bonchev–Trinajstić information content (AvgIpc) is 3.40. The Morgan fingerprint density at radius 2 is 1.81 bits per heavy atom. The van der Waals surface area contributed by atoms with Crippen LogP contribution in [0.1, 0.15) is 24.0 Å². The monoisotopic (exact) mass is 427 g/mol. The van der Waals surface area contributed by atoms with Crippen molar-refractivity contribution in [2.45, 2.75) is 39.3 Å². The Labute approximate surface area is 180 Å². The lowest BCUT2D eigenvalue weighted by molar-refractivity contribution is 0.0936. The maximum absolute atomic E-state index is 12.9. The summed E-state index contributed by atoms with van der Waals surface area (Å²) in [5.74, 6) is 1.30. The molecule has 1 N–H and O–H groups in total. The van der Waals surface area contributed by atoms with Crippen molar-refractivity contribution in [3.63, 3.8) is 0 Å². The number of imidazole rings is 1. The van der Waals surface area contributed by atoms with Crippen molar-refractivity contribution in [1.82, 2.24) is 18.7 Å². The second kappa shape index (κ2) is 8.22. The van der Waals surface area contributed by atoms with Gasteiger partial charge in [-0.1, -0.05) is 6.07 Å². The van der Waals surface area contributed by atoms with E-state index in [2.05, 4.69) is 9.88 Å². The molecule has 1 atom stereocenters. The van der Waals surface area contributed by atoms with Crippen LogP contribution in [0.4, 0.5) is 5.95 Å². The highest BCUT2D eigenvalue weighted by Gasteiger charge is 2.25. The predicted octanol–water partition coefficient (Wildman–Crippen LogP) is 1.09. The van der Waals surface area contributed by atoms with E-state index < -0.39 is 17.4 Å². The Bertz CT molecular complexity index is 1230. The molecule has 0 radical (unpaired) electrons. The summed E-state index contributed by atoms with van der Waals surface area (Å²) < 4.78 is 9.98. The molecule has 0 aliphatic carbocycles. The number of aromatic nitrogens is 4. The first-order valence-electron chi connectivity index (χ1n) is 10.6. The standard InChI is InChI=1S/C22H29N5O4/c1-14-7-8-17(11-15(14)2)31-13-16(28)12-27-18-19(23-21(27)26-9-5-6-10-26)24(3)22(30)25(4)20(18)29/h7-8,11,16,28H,5-6,9-10,12-13H2,1-4H3/t16-/m0/s1. The smallest absolute Gasteiger partial charge is 0.332 e. The highest BCUT2D eigenvalue weighted by Crippen LogP contribution is 2.24. The fourth-order valence-corrected chi connectivity index (χ4v) is 4.03. The summed E-state index contributed by atoms with van der Waals surface area (Å²) in [6.07, 6.45) is 1.22. The fourth-order valence-electron chi connectivity index (χ4n) is 4.03. The van der Waals surface area contributed by atoms with Crippen LogP contribution in [0.15, 0.2) is 27.8 Å². The average molecular weight is 428 g/mol. The number of anilines is 1. The maximum Gasteiger partial charge on any atom is 0.332 e. The van der Waals surface area contributed by atoms with Gasteiger partial charge in [0.1, 0.15) is 18.5 Å². The largest absolute Gasteiger partial charge is 0.491 e. The van der Waals surface area contributed by atoms with Gasteiger partial charge in [0.2, 0.25) is 5.95 Å². The first-order valence-corrected chi connectivity index (χ1v) is 10.6. The Morgan fingerprint density at radius 1 is 1.10 bits per heavy atom. The molecule has 0 bridgehead atoms. The van der Waals surface area contributed by atoms with Gasteiger partial charge in [0, 0.05) is 27.2 Å². The summed E-state index contributed by atoms with van der Waals surface area (Å²) in [6, 6.07) is 5.80. The van der Waals surface area contributed by atoms with E-state index in [9.17, 15) is 14.7 Å². The van der Waals surface area contributed by atoms with Gasteiger partial charge in [-0.2, -0.15) is 4.98 Å². The molecule has 4 rings (SSSR count). The lowest BCUT2D eigenvalue weighted by Crippen LogP contribution is -2.38. The molecule has 0 saturated carbocycles. The van der Waals surface area contributed by atoms with Crippen LogP contribution < -0.4 is 20.9 Å². The molecule has 1 aromatic carbocycles. The Hall–Kier alpha value is -3.07. The number of benzene rings is 1. The zero-order valence-corrected chi connectivity index (χ0v) is 18.5. The third-order valence-corrected chi connectivity index (χ3v) is 6.03. The van der Waals surface area contributed by atoms with Crippen LogP contribution in [-0.4, -0.2) is 49.6 Å². The van der Waals surface area contributed by atoms with E-state index in [1.165, 1.54) is 17.2 Å². The summed E-state index contributed by atoms with van der Waals surface area (Å²) in [6.45, 7) is 5.92. The molecular weight excluding hydrogens is 398 g/mol. The first kappa shape index (κ1) is 21.2. The summed E-state index contributed by atoms with van der Waals surface area (Å²) in [5, 5.41) is 10.7. The quantitative estimate of drug-likeness (QED) is 0.633. The zero-order chi connectivity index (χ0) is 22.3. The molecule has 3 aromatic rings. The van der Waals surface area contributed by atoms with Crippen molar-refractivity contribution < 1.29 is 9.84 Å². The van der Waals surface area contributed by atoms with E-state index in [4.69, 9.17) is 4.74 Å². The molecule has 166 valence electrons. The molecule has 1 saturated heterocycles. The Morgan fingerprint density at radius 3 is 2.48 bits per heavy atom. The van der Waals surface area contributed by atoms with E-state index in [0.29, 0.717) is 22.9 Å². The molecule has 2 aromatic heterocycles. The third-order valence-electron chi connectivity index (χ3n) is 6.03. The molecule has 9 nitrogen and oxygen atoms in total. The lowest BCUT2D eigenvalue weighted by Gasteiger charge is -2.20. The number of hydrogen-bond acceptors (Lipinski definition) is 6. The molecule has 9 heteroatoms. The van der Waals surface area contributed by atoms with E-state index >= 15 is 0 Å². The van der Waals surface area contributed by atoms with Crippen LogP contribution in [0.2, 0.25) is 0 Å². The summed E-state index contributed by atoms with van der Waals surface area (Å²) >= 11 is 0. The predicted molar refractivity (Wildman–Crippen MR) is 119 cm³/mol. The van der Waals surface area contributed by atoms with Crippen LogP contribution in [0.5, 0.6) is 5.75 Å². The second-order valence-electron chi connectivity index (χ2n) is 8.31. The van der Waals surface area contributed by atoms with Gasteiger partial charge in [0.05, 0.1) is 6.54 Å². The molecule has 31 heavy (non-hydrogen) atoms. The van der Waals surface area contributed by atoms with Gasteiger partial charge in [0.15, 0.2) is 11.2 Å². The minimum absolute atomic E-state index is 0.0771. The molecule has 0 amide bonds.